The minimum Gasteiger partial charge on any atom is -0.308 e. The number of nitrogens with one attached hydrogen (secondary N) is 1. The summed E-state index contributed by atoms with van der Waals surface area (Å²) in [6, 6.07) is 2.36. The number of rotatable bonds is 5. The summed E-state index contributed by atoms with van der Waals surface area (Å²) in [7, 11) is 6.04. The molecule has 0 saturated carbocycles. The number of aryl methyl sites for hydroxylation is 2. The van der Waals surface area contributed by atoms with Crippen LogP contribution in [0.25, 0.3) is 0 Å². The summed E-state index contributed by atoms with van der Waals surface area (Å²) >= 11 is 0. The molecular weight excluding hydrogens is 190 g/mol. The van der Waals surface area contributed by atoms with E-state index in [0.29, 0.717) is 0 Å². The fourth-order valence-electron chi connectivity index (χ4n) is 1.72. The molecule has 0 aliphatic carbocycles. The zero-order valence-electron chi connectivity index (χ0n) is 9.99. The fourth-order valence-corrected chi connectivity index (χ4v) is 1.72. The maximum absolute atomic E-state index is 5.52. The SMILES string of the molecule is Cc1cc(CC(CN(C)C)NN)n(C)n1. The van der Waals surface area contributed by atoms with Gasteiger partial charge in [0.1, 0.15) is 0 Å². The lowest BCUT2D eigenvalue weighted by Crippen LogP contribution is -2.44. The molecule has 1 atom stereocenters. The van der Waals surface area contributed by atoms with Crippen LogP contribution in [-0.2, 0) is 13.5 Å². The van der Waals surface area contributed by atoms with Crippen molar-refractivity contribution in [3.8, 4) is 0 Å². The summed E-state index contributed by atoms with van der Waals surface area (Å²) in [5.74, 6) is 5.52. The van der Waals surface area contributed by atoms with Crippen molar-refractivity contribution in [2.75, 3.05) is 20.6 Å². The fraction of sp³-hybridized carbons (Fsp3) is 0.700. The van der Waals surface area contributed by atoms with Crippen LogP contribution >= 0.6 is 0 Å². The van der Waals surface area contributed by atoms with Crippen LogP contribution in [0.5, 0.6) is 0 Å². The molecule has 0 aromatic carbocycles. The first-order valence-electron chi connectivity index (χ1n) is 5.13. The highest BCUT2D eigenvalue weighted by Crippen LogP contribution is 2.05. The molecule has 0 fully saturated rings. The Kier molecular flexibility index (Phi) is 4.26. The minimum atomic E-state index is 0.259. The lowest BCUT2D eigenvalue weighted by molar-refractivity contribution is 0.335. The molecule has 3 N–H and O–H groups in total. The number of hydrogen-bond acceptors (Lipinski definition) is 4. The van der Waals surface area contributed by atoms with Gasteiger partial charge in [0, 0.05) is 31.7 Å². The Hall–Kier alpha value is -0.910. The van der Waals surface area contributed by atoms with Gasteiger partial charge in [-0.2, -0.15) is 5.10 Å². The van der Waals surface area contributed by atoms with E-state index in [1.54, 1.807) is 0 Å². The summed E-state index contributed by atoms with van der Waals surface area (Å²) in [5.41, 5.74) is 5.09. The highest BCUT2D eigenvalue weighted by molar-refractivity contribution is 5.10. The van der Waals surface area contributed by atoms with E-state index >= 15 is 0 Å². The van der Waals surface area contributed by atoms with E-state index in [9.17, 15) is 0 Å². The molecule has 86 valence electrons. The average Bonchev–Trinajstić information content (AvgIpc) is 2.43. The minimum absolute atomic E-state index is 0.259. The van der Waals surface area contributed by atoms with Crippen LogP contribution in [0, 0.1) is 6.92 Å². The molecule has 1 aromatic rings. The predicted molar refractivity (Wildman–Crippen MR) is 61.3 cm³/mol. The molecule has 1 rings (SSSR count). The first-order chi connectivity index (χ1) is 7.02. The molecule has 1 unspecified atom stereocenters. The molecule has 0 amide bonds. The summed E-state index contributed by atoms with van der Waals surface area (Å²) < 4.78 is 1.91. The van der Waals surface area contributed by atoms with Crippen LogP contribution in [0.2, 0.25) is 0 Å². The van der Waals surface area contributed by atoms with Crippen LogP contribution in [0.15, 0.2) is 6.07 Å². The van der Waals surface area contributed by atoms with Gasteiger partial charge < -0.3 is 4.90 Å². The molecule has 0 radical (unpaired) electrons. The Morgan fingerprint density at radius 2 is 2.27 bits per heavy atom. The number of hydrazine groups is 1. The van der Waals surface area contributed by atoms with Crippen molar-refractivity contribution >= 4 is 0 Å². The Balaban J connectivity index is 2.62. The second kappa shape index (κ2) is 5.25. The standard InChI is InChI=1S/C10H21N5/c1-8-5-10(15(4)13-8)6-9(12-11)7-14(2)3/h5,9,12H,6-7,11H2,1-4H3. The van der Waals surface area contributed by atoms with Gasteiger partial charge in [0.05, 0.1) is 5.69 Å². The molecule has 1 heterocycles. The third kappa shape index (κ3) is 3.62. The van der Waals surface area contributed by atoms with Gasteiger partial charge in [-0.3, -0.25) is 16.0 Å². The second-order valence-electron chi connectivity index (χ2n) is 4.23. The average molecular weight is 211 g/mol. The summed E-state index contributed by atoms with van der Waals surface area (Å²) in [5, 5.41) is 4.31. The van der Waals surface area contributed by atoms with Crippen LogP contribution < -0.4 is 11.3 Å². The van der Waals surface area contributed by atoms with E-state index in [4.69, 9.17) is 5.84 Å². The summed E-state index contributed by atoms with van der Waals surface area (Å²) in [6.45, 7) is 2.92. The normalized spacial score (nSPS) is 13.5. The van der Waals surface area contributed by atoms with Crippen molar-refractivity contribution in [1.82, 2.24) is 20.1 Å². The van der Waals surface area contributed by atoms with Gasteiger partial charge in [-0.15, -0.1) is 0 Å². The Bertz CT molecular complexity index is 305. The van der Waals surface area contributed by atoms with Crippen LogP contribution in [0.3, 0.4) is 0 Å². The lowest BCUT2D eigenvalue weighted by Gasteiger charge is -2.19. The van der Waals surface area contributed by atoms with Crippen molar-refractivity contribution in [3.05, 3.63) is 17.5 Å². The van der Waals surface area contributed by atoms with E-state index in [-0.39, 0.29) is 6.04 Å². The van der Waals surface area contributed by atoms with Crippen molar-refractivity contribution in [1.29, 1.82) is 0 Å². The van der Waals surface area contributed by atoms with Gasteiger partial charge >= 0.3 is 0 Å². The number of nitrogens with two attached hydrogens (primary N) is 1. The largest absolute Gasteiger partial charge is 0.308 e. The van der Waals surface area contributed by atoms with Crippen LogP contribution in [0.4, 0.5) is 0 Å². The number of likely N-dealkylation sites (N-methyl/N-ethyl adjacent to an activating group) is 1. The van der Waals surface area contributed by atoms with Crippen LogP contribution in [-0.4, -0.2) is 41.4 Å². The summed E-state index contributed by atoms with van der Waals surface area (Å²) in [6.07, 6.45) is 0.895. The quantitative estimate of drug-likeness (QED) is 0.517. The Labute approximate surface area is 91.2 Å². The smallest absolute Gasteiger partial charge is 0.0596 e. The van der Waals surface area contributed by atoms with Crippen molar-refractivity contribution in [2.45, 2.75) is 19.4 Å². The number of nitrogens with zero attached hydrogens (tertiary/aromatic N) is 3. The number of hydrogen-bond donors (Lipinski definition) is 2. The highest BCUT2D eigenvalue weighted by atomic mass is 15.3. The van der Waals surface area contributed by atoms with Gasteiger partial charge in [0.2, 0.25) is 0 Å². The predicted octanol–water partition coefficient (Wildman–Crippen LogP) is -0.335. The van der Waals surface area contributed by atoms with Gasteiger partial charge in [-0.1, -0.05) is 0 Å². The number of aromatic nitrogens is 2. The molecule has 0 spiro atoms. The van der Waals surface area contributed by atoms with Gasteiger partial charge in [0.25, 0.3) is 0 Å². The topological polar surface area (TPSA) is 59.1 Å². The highest BCUT2D eigenvalue weighted by Gasteiger charge is 2.11. The van der Waals surface area contributed by atoms with E-state index in [1.165, 1.54) is 5.69 Å². The Morgan fingerprint density at radius 3 is 2.67 bits per heavy atom. The van der Waals surface area contributed by atoms with Crippen LogP contribution in [0.1, 0.15) is 11.4 Å². The molecule has 1 aromatic heterocycles. The second-order valence-corrected chi connectivity index (χ2v) is 4.23. The molecular formula is C10H21N5. The van der Waals surface area contributed by atoms with Crippen molar-refractivity contribution in [2.24, 2.45) is 12.9 Å². The molecule has 5 nitrogen and oxygen atoms in total. The van der Waals surface area contributed by atoms with E-state index < -0.39 is 0 Å². The molecule has 0 aliphatic rings. The maximum atomic E-state index is 5.52. The zero-order chi connectivity index (χ0) is 11.4. The van der Waals surface area contributed by atoms with Gasteiger partial charge in [-0.05, 0) is 27.1 Å². The Morgan fingerprint density at radius 1 is 1.60 bits per heavy atom. The first kappa shape index (κ1) is 12.2. The molecule has 5 heteroatoms. The van der Waals surface area contributed by atoms with Crippen molar-refractivity contribution < 1.29 is 0 Å². The van der Waals surface area contributed by atoms with Gasteiger partial charge in [-0.25, -0.2) is 0 Å². The molecule has 0 aliphatic heterocycles. The molecule has 0 bridgehead atoms. The van der Waals surface area contributed by atoms with Crippen molar-refractivity contribution in [3.63, 3.8) is 0 Å². The zero-order valence-corrected chi connectivity index (χ0v) is 9.99. The van der Waals surface area contributed by atoms with E-state index in [2.05, 4.69) is 21.5 Å². The monoisotopic (exact) mass is 211 g/mol. The first-order valence-corrected chi connectivity index (χ1v) is 5.13. The summed E-state index contributed by atoms with van der Waals surface area (Å²) in [4.78, 5) is 2.12. The van der Waals surface area contributed by atoms with Gasteiger partial charge in [0.15, 0.2) is 0 Å². The van der Waals surface area contributed by atoms with E-state index in [0.717, 1.165) is 18.7 Å². The third-order valence-corrected chi connectivity index (χ3v) is 2.38. The molecule has 0 saturated heterocycles. The van der Waals surface area contributed by atoms with E-state index in [1.807, 2.05) is 32.7 Å². The maximum Gasteiger partial charge on any atom is 0.0596 e. The third-order valence-electron chi connectivity index (χ3n) is 2.38. The lowest BCUT2D eigenvalue weighted by atomic mass is 10.1. The molecule has 15 heavy (non-hydrogen) atoms.